The maximum absolute atomic E-state index is 11.8. The number of para-hydroxylation sites is 1. The first-order chi connectivity index (χ1) is 9.75. The van der Waals surface area contributed by atoms with E-state index in [1.807, 2.05) is 18.2 Å². The standard InChI is InChI=1S/C14H14N2O4/c17-11(9-20-10-5-2-1-3-6-10)15-12-13(18)16-7-4-8-19-14(12)16/h1-7,12,14H,8-9H2,(H,15,17). The van der Waals surface area contributed by atoms with Crippen molar-refractivity contribution in [2.45, 2.75) is 12.3 Å². The van der Waals surface area contributed by atoms with E-state index in [0.29, 0.717) is 12.4 Å². The third-order valence-corrected chi connectivity index (χ3v) is 3.14. The maximum atomic E-state index is 11.8. The lowest BCUT2D eigenvalue weighted by atomic mass is 10.0. The fraction of sp³-hybridized carbons (Fsp3) is 0.286. The molecular formula is C14H14N2O4. The lowest BCUT2D eigenvalue weighted by molar-refractivity contribution is -0.177. The minimum atomic E-state index is -0.619. The van der Waals surface area contributed by atoms with E-state index < -0.39 is 12.3 Å². The first-order valence-corrected chi connectivity index (χ1v) is 6.33. The third-order valence-electron chi connectivity index (χ3n) is 3.14. The van der Waals surface area contributed by atoms with E-state index in [2.05, 4.69) is 5.32 Å². The van der Waals surface area contributed by atoms with Crippen molar-refractivity contribution in [2.24, 2.45) is 0 Å². The molecule has 0 saturated carbocycles. The Balaban J connectivity index is 1.50. The Labute approximate surface area is 116 Å². The smallest absolute Gasteiger partial charge is 0.258 e. The van der Waals surface area contributed by atoms with Crippen molar-refractivity contribution < 1.29 is 19.1 Å². The minimum Gasteiger partial charge on any atom is -0.484 e. The largest absolute Gasteiger partial charge is 0.484 e. The second-order valence-corrected chi connectivity index (χ2v) is 4.50. The first kappa shape index (κ1) is 12.7. The normalized spacial score (nSPS) is 23.8. The van der Waals surface area contributed by atoms with E-state index in [1.54, 1.807) is 24.4 Å². The summed E-state index contributed by atoms with van der Waals surface area (Å²) in [5.41, 5.74) is 0. The van der Waals surface area contributed by atoms with Gasteiger partial charge in [-0.3, -0.25) is 14.5 Å². The number of carbonyl (C=O) groups is 2. The van der Waals surface area contributed by atoms with Crippen molar-refractivity contribution in [1.82, 2.24) is 10.2 Å². The fourth-order valence-corrected chi connectivity index (χ4v) is 2.15. The van der Waals surface area contributed by atoms with Crippen LogP contribution in [0.5, 0.6) is 5.75 Å². The number of amides is 2. The topological polar surface area (TPSA) is 67.9 Å². The number of hydrogen-bond acceptors (Lipinski definition) is 4. The van der Waals surface area contributed by atoms with Gasteiger partial charge in [0.05, 0.1) is 6.61 Å². The molecule has 1 N–H and O–H groups in total. The predicted octanol–water partition coefficient (Wildman–Crippen LogP) is 0.262. The molecule has 104 valence electrons. The molecule has 3 rings (SSSR count). The van der Waals surface area contributed by atoms with Crippen LogP contribution in [0.1, 0.15) is 0 Å². The molecule has 2 heterocycles. The average molecular weight is 274 g/mol. The zero-order valence-electron chi connectivity index (χ0n) is 10.7. The third kappa shape index (κ3) is 2.37. The van der Waals surface area contributed by atoms with E-state index in [0.717, 1.165) is 0 Å². The van der Waals surface area contributed by atoms with Crippen LogP contribution in [-0.4, -0.2) is 42.2 Å². The van der Waals surface area contributed by atoms with Crippen LogP contribution < -0.4 is 10.1 Å². The van der Waals surface area contributed by atoms with Gasteiger partial charge in [-0.2, -0.15) is 0 Å². The molecule has 6 nitrogen and oxygen atoms in total. The molecule has 2 atom stereocenters. The average Bonchev–Trinajstić information content (AvgIpc) is 2.51. The Hall–Kier alpha value is -2.34. The molecule has 1 saturated heterocycles. The molecule has 0 aromatic heterocycles. The molecule has 2 unspecified atom stereocenters. The molecule has 20 heavy (non-hydrogen) atoms. The first-order valence-electron chi connectivity index (χ1n) is 6.33. The van der Waals surface area contributed by atoms with Gasteiger partial charge in [0.15, 0.2) is 18.9 Å². The summed E-state index contributed by atoms with van der Waals surface area (Å²) in [6.45, 7) is 0.317. The summed E-state index contributed by atoms with van der Waals surface area (Å²) in [5, 5.41) is 2.62. The van der Waals surface area contributed by atoms with E-state index in [-0.39, 0.29) is 18.4 Å². The van der Waals surface area contributed by atoms with Crippen molar-refractivity contribution in [3.05, 3.63) is 42.6 Å². The van der Waals surface area contributed by atoms with Gasteiger partial charge in [0.2, 0.25) is 0 Å². The fourth-order valence-electron chi connectivity index (χ4n) is 2.15. The number of nitrogens with one attached hydrogen (secondary N) is 1. The number of nitrogens with zero attached hydrogens (tertiary/aromatic N) is 1. The van der Waals surface area contributed by atoms with Crippen molar-refractivity contribution in [2.75, 3.05) is 13.2 Å². The van der Waals surface area contributed by atoms with Gasteiger partial charge in [0.25, 0.3) is 11.8 Å². The molecule has 6 heteroatoms. The van der Waals surface area contributed by atoms with Crippen LogP contribution in [0.4, 0.5) is 0 Å². The minimum absolute atomic E-state index is 0.129. The van der Waals surface area contributed by atoms with Crippen molar-refractivity contribution >= 4 is 11.8 Å². The van der Waals surface area contributed by atoms with E-state index in [9.17, 15) is 9.59 Å². The lowest BCUT2D eigenvalue weighted by Crippen LogP contribution is -2.70. The molecular weight excluding hydrogens is 260 g/mol. The highest BCUT2D eigenvalue weighted by Crippen LogP contribution is 2.24. The number of benzene rings is 1. The molecule has 0 radical (unpaired) electrons. The van der Waals surface area contributed by atoms with Crippen LogP contribution >= 0.6 is 0 Å². The van der Waals surface area contributed by atoms with Crippen molar-refractivity contribution in [1.29, 1.82) is 0 Å². The molecule has 0 aliphatic carbocycles. The monoisotopic (exact) mass is 274 g/mol. The summed E-state index contributed by atoms with van der Waals surface area (Å²) in [7, 11) is 0. The van der Waals surface area contributed by atoms with Crippen molar-refractivity contribution in [3.8, 4) is 5.75 Å². The Kier molecular flexibility index (Phi) is 3.39. The number of fused-ring (bicyclic) bond motifs is 1. The number of carbonyl (C=O) groups excluding carboxylic acids is 2. The summed E-state index contributed by atoms with van der Waals surface area (Å²) in [6, 6.07) is 8.41. The van der Waals surface area contributed by atoms with Crippen LogP contribution in [0, 0.1) is 0 Å². The van der Waals surface area contributed by atoms with Crippen LogP contribution in [0.25, 0.3) is 0 Å². The zero-order valence-corrected chi connectivity index (χ0v) is 10.7. The molecule has 2 amide bonds. The zero-order chi connectivity index (χ0) is 13.9. The highest BCUT2D eigenvalue weighted by molar-refractivity contribution is 5.94. The number of hydrogen-bond donors (Lipinski definition) is 1. The van der Waals surface area contributed by atoms with Gasteiger partial charge in [-0.05, 0) is 18.2 Å². The second-order valence-electron chi connectivity index (χ2n) is 4.50. The van der Waals surface area contributed by atoms with Gasteiger partial charge in [-0.1, -0.05) is 18.2 Å². The van der Waals surface area contributed by atoms with Crippen molar-refractivity contribution in [3.63, 3.8) is 0 Å². The number of rotatable bonds is 4. The second kappa shape index (κ2) is 5.34. The van der Waals surface area contributed by atoms with Crippen LogP contribution in [0.2, 0.25) is 0 Å². The molecule has 0 bridgehead atoms. The molecule has 1 aromatic carbocycles. The van der Waals surface area contributed by atoms with Gasteiger partial charge in [-0.15, -0.1) is 0 Å². The number of β-lactam (4-membered cyclic amide) rings is 1. The molecule has 0 spiro atoms. The van der Waals surface area contributed by atoms with E-state index in [1.165, 1.54) is 4.90 Å². The molecule has 2 aliphatic rings. The van der Waals surface area contributed by atoms with E-state index >= 15 is 0 Å². The predicted molar refractivity (Wildman–Crippen MR) is 69.6 cm³/mol. The van der Waals surface area contributed by atoms with Gasteiger partial charge < -0.3 is 14.8 Å². The van der Waals surface area contributed by atoms with Gasteiger partial charge >= 0.3 is 0 Å². The van der Waals surface area contributed by atoms with Gasteiger partial charge in [0.1, 0.15) is 5.75 Å². The number of ether oxygens (including phenoxy) is 2. The summed E-state index contributed by atoms with van der Waals surface area (Å²) >= 11 is 0. The van der Waals surface area contributed by atoms with Crippen LogP contribution in [0.3, 0.4) is 0 Å². The maximum Gasteiger partial charge on any atom is 0.258 e. The Morgan fingerprint density at radius 2 is 2.20 bits per heavy atom. The molecule has 2 aliphatic heterocycles. The van der Waals surface area contributed by atoms with E-state index in [4.69, 9.17) is 9.47 Å². The SMILES string of the molecule is O=C(COc1ccccc1)NC1C(=O)N2C=CCOC12. The highest BCUT2D eigenvalue weighted by Gasteiger charge is 2.49. The summed E-state index contributed by atoms with van der Waals surface area (Å²) in [6.07, 6.45) is 3.04. The quantitative estimate of drug-likeness (QED) is 0.800. The highest BCUT2D eigenvalue weighted by atomic mass is 16.5. The van der Waals surface area contributed by atoms with Gasteiger partial charge in [0, 0.05) is 6.20 Å². The Morgan fingerprint density at radius 1 is 1.40 bits per heavy atom. The lowest BCUT2D eigenvalue weighted by Gasteiger charge is -2.46. The summed E-state index contributed by atoms with van der Waals surface area (Å²) in [4.78, 5) is 25.0. The molecule has 1 aromatic rings. The van der Waals surface area contributed by atoms with Gasteiger partial charge in [-0.25, -0.2) is 0 Å². The Morgan fingerprint density at radius 3 is 3.00 bits per heavy atom. The Bertz CT molecular complexity index is 543. The molecule has 1 fully saturated rings. The van der Waals surface area contributed by atoms with Crippen LogP contribution in [-0.2, 0) is 14.3 Å². The van der Waals surface area contributed by atoms with Crippen LogP contribution in [0.15, 0.2) is 42.6 Å². The summed E-state index contributed by atoms with van der Waals surface area (Å²) in [5.74, 6) is 0.102. The summed E-state index contributed by atoms with van der Waals surface area (Å²) < 4.78 is 10.7.